The van der Waals surface area contributed by atoms with Gasteiger partial charge in [0.1, 0.15) is 0 Å². The smallest absolute Gasteiger partial charge is 0.218 e. The lowest BCUT2D eigenvalue weighted by Crippen LogP contribution is -2.58. The zero-order valence-electron chi connectivity index (χ0n) is 16.5. The van der Waals surface area contributed by atoms with Crippen molar-refractivity contribution < 1.29 is 8.42 Å². The van der Waals surface area contributed by atoms with E-state index in [-0.39, 0.29) is 17.8 Å². The molecule has 0 bridgehead atoms. The number of aryl methyl sites for hydroxylation is 1. The van der Waals surface area contributed by atoms with Crippen LogP contribution in [-0.4, -0.2) is 49.3 Å². The van der Waals surface area contributed by atoms with Gasteiger partial charge in [0.15, 0.2) is 0 Å². The molecule has 1 aliphatic heterocycles. The van der Waals surface area contributed by atoms with E-state index in [0.717, 1.165) is 24.1 Å². The van der Waals surface area contributed by atoms with Crippen LogP contribution in [0.1, 0.15) is 30.5 Å². The summed E-state index contributed by atoms with van der Waals surface area (Å²) in [5, 5.41) is 0. The van der Waals surface area contributed by atoms with Crippen molar-refractivity contribution in [3.63, 3.8) is 0 Å². The summed E-state index contributed by atoms with van der Waals surface area (Å²) in [4.78, 5) is 2.44. The summed E-state index contributed by atoms with van der Waals surface area (Å²) in [6.07, 6.45) is 0.992. The van der Waals surface area contributed by atoms with Crippen molar-refractivity contribution in [1.29, 1.82) is 0 Å². The molecule has 1 fully saturated rings. The third-order valence-corrected chi connectivity index (χ3v) is 7.22. The highest BCUT2D eigenvalue weighted by Gasteiger charge is 2.34. The van der Waals surface area contributed by atoms with E-state index in [1.807, 2.05) is 37.3 Å². The molecule has 4 nitrogen and oxygen atoms in total. The van der Waals surface area contributed by atoms with Gasteiger partial charge < -0.3 is 0 Å². The van der Waals surface area contributed by atoms with Gasteiger partial charge in [-0.1, -0.05) is 60.2 Å². The largest absolute Gasteiger partial charge is 0.295 e. The van der Waals surface area contributed by atoms with E-state index in [2.05, 4.69) is 43.0 Å². The molecule has 0 aromatic heterocycles. The number of benzene rings is 2. The van der Waals surface area contributed by atoms with Crippen LogP contribution in [0.4, 0.5) is 0 Å². The quantitative estimate of drug-likeness (QED) is 0.763. The van der Waals surface area contributed by atoms with Crippen LogP contribution >= 0.6 is 0 Å². The zero-order chi connectivity index (χ0) is 19.4. The molecule has 1 heterocycles. The predicted molar refractivity (Wildman–Crippen MR) is 111 cm³/mol. The highest BCUT2D eigenvalue weighted by molar-refractivity contribution is 7.88. The van der Waals surface area contributed by atoms with E-state index in [0.29, 0.717) is 13.1 Å². The molecule has 0 N–H and O–H groups in total. The second-order valence-electron chi connectivity index (χ2n) is 7.73. The van der Waals surface area contributed by atoms with Gasteiger partial charge in [0.05, 0.1) is 5.75 Å². The van der Waals surface area contributed by atoms with E-state index < -0.39 is 10.0 Å². The fraction of sp³-hybridized carbons (Fsp3) is 0.455. The molecule has 0 amide bonds. The highest BCUT2D eigenvalue weighted by atomic mass is 32.2. The van der Waals surface area contributed by atoms with E-state index in [1.54, 1.807) is 4.31 Å². The summed E-state index contributed by atoms with van der Waals surface area (Å²) in [7, 11) is -3.30. The number of piperazine rings is 1. The molecule has 27 heavy (non-hydrogen) atoms. The van der Waals surface area contributed by atoms with Crippen molar-refractivity contribution in [2.45, 2.75) is 45.0 Å². The molecule has 2 unspecified atom stereocenters. The van der Waals surface area contributed by atoms with Crippen molar-refractivity contribution in [1.82, 2.24) is 9.21 Å². The van der Waals surface area contributed by atoms with Gasteiger partial charge in [-0.25, -0.2) is 8.42 Å². The first-order valence-corrected chi connectivity index (χ1v) is 11.3. The molecule has 0 aliphatic carbocycles. The van der Waals surface area contributed by atoms with E-state index in [1.165, 1.54) is 5.56 Å². The van der Waals surface area contributed by atoms with Crippen molar-refractivity contribution in [3.8, 4) is 0 Å². The third kappa shape index (κ3) is 5.18. The maximum Gasteiger partial charge on any atom is 0.218 e. The van der Waals surface area contributed by atoms with Gasteiger partial charge in [0, 0.05) is 31.7 Å². The van der Waals surface area contributed by atoms with E-state index >= 15 is 0 Å². The first-order valence-electron chi connectivity index (χ1n) is 9.68. The number of sulfonamides is 1. The minimum Gasteiger partial charge on any atom is -0.295 e. The van der Waals surface area contributed by atoms with Crippen molar-refractivity contribution in [2.24, 2.45) is 0 Å². The Morgan fingerprint density at radius 1 is 0.889 bits per heavy atom. The van der Waals surface area contributed by atoms with Crippen molar-refractivity contribution in [2.75, 3.05) is 19.6 Å². The van der Waals surface area contributed by atoms with Crippen LogP contribution in [0.2, 0.25) is 0 Å². The number of hydrogen-bond acceptors (Lipinski definition) is 3. The van der Waals surface area contributed by atoms with E-state index in [4.69, 9.17) is 0 Å². The molecular formula is C22H30N2O2S. The monoisotopic (exact) mass is 386 g/mol. The van der Waals surface area contributed by atoms with Crippen LogP contribution < -0.4 is 0 Å². The number of hydrogen-bond donors (Lipinski definition) is 0. The molecule has 5 heteroatoms. The van der Waals surface area contributed by atoms with Gasteiger partial charge in [-0.05, 0) is 38.3 Å². The number of nitrogens with zero attached hydrogens (tertiary/aromatic N) is 2. The maximum absolute atomic E-state index is 12.9. The lowest BCUT2D eigenvalue weighted by atomic mass is 10.1. The molecule has 0 radical (unpaired) electrons. The molecule has 1 saturated heterocycles. The van der Waals surface area contributed by atoms with Gasteiger partial charge in [-0.15, -0.1) is 0 Å². The first-order chi connectivity index (χ1) is 12.8. The van der Waals surface area contributed by atoms with E-state index in [9.17, 15) is 8.42 Å². The summed E-state index contributed by atoms with van der Waals surface area (Å²) < 4.78 is 27.5. The van der Waals surface area contributed by atoms with Crippen LogP contribution in [-0.2, 0) is 22.2 Å². The molecule has 0 saturated carbocycles. The predicted octanol–water partition coefficient (Wildman–Crippen LogP) is 3.46. The Kier molecular flexibility index (Phi) is 6.35. The van der Waals surface area contributed by atoms with Gasteiger partial charge in [0.2, 0.25) is 10.0 Å². The van der Waals surface area contributed by atoms with Gasteiger partial charge in [-0.2, -0.15) is 4.31 Å². The van der Waals surface area contributed by atoms with Crippen molar-refractivity contribution in [3.05, 3.63) is 71.3 Å². The Balaban J connectivity index is 1.62. The fourth-order valence-corrected chi connectivity index (χ4v) is 5.55. The summed E-state index contributed by atoms with van der Waals surface area (Å²) in [6.45, 7) is 8.36. The Labute approximate surface area is 163 Å². The third-order valence-electron chi connectivity index (χ3n) is 5.43. The minimum atomic E-state index is -3.30. The Morgan fingerprint density at radius 2 is 1.48 bits per heavy atom. The molecular weight excluding hydrogens is 356 g/mol. The second kappa shape index (κ2) is 8.55. The van der Waals surface area contributed by atoms with Gasteiger partial charge in [0.25, 0.3) is 0 Å². The highest BCUT2D eigenvalue weighted by Crippen LogP contribution is 2.21. The van der Waals surface area contributed by atoms with Crippen LogP contribution in [0.5, 0.6) is 0 Å². The minimum absolute atomic E-state index is 0.0801. The standard InChI is InChI=1S/C22H30N2O2S/c1-18-9-11-22(12-10-18)17-27(25,26)23-15-19(2)24(20(3)16-23)14-13-21-7-5-4-6-8-21/h4-12,19-20H,13-17H2,1-3H3. The molecule has 146 valence electrons. The first kappa shape index (κ1) is 20.1. The van der Waals surface area contributed by atoms with Crippen LogP contribution in [0.3, 0.4) is 0 Å². The van der Waals surface area contributed by atoms with Crippen molar-refractivity contribution >= 4 is 10.0 Å². The summed E-state index contributed by atoms with van der Waals surface area (Å²) >= 11 is 0. The van der Waals surface area contributed by atoms with Gasteiger partial charge in [-0.3, -0.25) is 4.90 Å². The van der Waals surface area contributed by atoms with Crippen LogP contribution in [0.15, 0.2) is 54.6 Å². The average Bonchev–Trinajstić information content (AvgIpc) is 2.63. The summed E-state index contributed by atoms with van der Waals surface area (Å²) in [6, 6.07) is 18.7. The van der Waals surface area contributed by atoms with Crippen LogP contribution in [0.25, 0.3) is 0 Å². The molecule has 2 aromatic rings. The Hall–Kier alpha value is -1.69. The molecule has 2 atom stereocenters. The van der Waals surface area contributed by atoms with Gasteiger partial charge >= 0.3 is 0 Å². The maximum atomic E-state index is 12.9. The summed E-state index contributed by atoms with van der Waals surface area (Å²) in [5.74, 6) is 0.0801. The Bertz CT molecular complexity index is 822. The second-order valence-corrected chi connectivity index (χ2v) is 9.70. The molecule has 2 aromatic carbocycles. The lowest BCUT2D eigenvalue weighted by Gasteiger charge is -2.44. The molecule has 3 rings (SSSR count). The fourth-order valence-electron chi connectivity index (χ4n) is 3.87. The topological polar surface area (TPSA) is 40.6 Å². The zero-order valence-corrected chi connectivity index (χ0v) is 17.3. The molecule has 0 spiro atoms. The van der Waals surface area contributed by atoms with Crippen LogP contribution in [0, 0.1) is 6.92 Å². The lowest BCUT2D eigenvalue weighted by molar-refractivity contribution is 0.0783. The normalized spacial score (nSPS) is 22.0. The number of rotatable bonds is 6. The Morgan fingerprint density at radius 3 is 2.07 bits per heavy atom. The SMILES string of the molecule is Cc1ccc(CS(=O)(=O)N2CC(C)N(CCc3ccccc3)C(C)C2)cc1. The average molecular weight is 387 g/mol. The summed E-state index contributed by atoms with van der Waals surface area (Å²) in [5.41, 5.74) is 3.32. The molecule has 1 aliphatic rings.